The SMILES string of the molecule is Cc1ccc(NC(=O)c2c(NC(=O)CN3CCN(C)CC3)sc3c2CC[C@H](C(C)(C)C)C3)cc1. The fraction of sp³-hybridized carbons (Fsp3) is 0.556. The summed E-state index contributed by atoms with van der Waals surface area (Å²) in [5.74, 6) is 0.394. The van der Waals surface area contributed by atoms with Gasteiger partial charge in [-0.3, -0.25) is 14.5 Å². The van der Waals surface area contributed by atoms with E-state index in [-0.39, 0.29) is 17.2 Å². The van der Waals surface area contributed by atoms with Gasteiger partial charge < -0.3 is 15.5 Å². The molecule has 1 aliphatic heterocycles. The van der Waals surface area contributed by atoms with Gasteiger partial charge in [0.05, 0.1) is 12.1 Å². The van der Waals surface area contributed by atoms with Crippen LogP contribution in [0.5, 0.6) is 0 Å². The largest absolute Gasteiger partial charge is 0.322 e. The quantitative estimate of drug-likeness (QED) is 0.651. The highest BCUT2D eigenvalue weighted by Crippen LogP contribution is 2.44. The molecule has 1 fully saturated rings. The summed E-state index contributed by atoms with van der Waals surface area (Å²) in [7, 11) is 2.11. The first-order chi connectivity index (χ1) is 16.1. The van der Waals surface area contributed by atoms with Crippen LogP contribution in [0.3, 0.4) is 0 Å². The maximum absolute atomic E-state index is 13.5. The van der Waals surface area contributed by atoms with E-state index in [0.717, 1.165) is 62.3 Å². The van der Waals surface area contributed by atoms with Crippen molar-refractivity contribution >= 4 is 33.8 Å². The molecule has 4 rings (SSSR count). The van der Waals surface area contributed by atoms with Gasteiger partial charge in [-0.2, -0.15) is 0 Å². The Balaban J connectivity index is 1.56. The minimum atomic E-state index is -0.134. The van der Waals surface area contributed by atoms with Gasteiger partial charge in [-0.1, -0.05) is 38.5 Å². The number of anilines is 2. The number of rotatable bonds is 5. The van der Waals surface area contributed by atoms with Crippen molar-refractivity contribution in [2.75, 3.05) is 50.4 Å². The monoisotopic (exact) mass is 482 g/mol. The van der Waals surface area contributed by atoms with Crippen molar-refractivity contribution in [2.24, 2.45) is 11.3 Å². The average molecular weight is 483 g/mol. The molecule has 2 N–H and O–H groups in total. The van der Waals surface area contributed by atoms with Gasteiger partial charge in [-0.05, 0) is 62.3 Å². The molecule has 0 unspecified atom stereocenters. The number of hydrogen-bond acceptors (Lipinski definition) is 5. The topological polar surface area (TPSA) is 64.7 Å². The molecule has 1 aromatic heterocycles. The lowest BCUT2D eigenvalue weighted by Crippen LogP contribution is -2.47. The van der Waals surface area contributed by atoms with Crippen LogP contribution in [0.1, 0.15) is 53.6 Å². The standard InChI is InChI=1S/C27H38N4O2S/c1-18-6-9-20(10-7-18)28-25(33)24-21-11-8-19(27(2,3)4)16-22(21)34-26(24)29-23(32)17-31-14-12-30(5)13-15-31/h6-7,9-10,19H,8,11-17H2,1-5H3,(H,28,33)(H,29,32)/t19-/m0/s1. The van der Waals surface area contributed by atoms with Crippen LogP contribution in [0.2, 0.25) is 0 Å². The lowest BCUT2D eigenvalue weighted by Gasteiger charge is -2.33. The van der Waals surface area contributed by atoms with Crippen molar-refractivity contribution in [2.45, 2.75) is 47.0 Å². The van der Waals surface area contributed by atoms with Crippen LogP contribution < -0.4 is 10.6 Å². The van der Waals surface area contributed by atoms with E-state index in [0.29, 0.717) is 23.0 Å². The van der Waals surface area contributed by atoms with Gasteiger partial charge in [0.25, 0.3) is 5.91 Å². The minimum absolute atomic E-state index is 0.0418. The van der Waals surface area contributed by atoms with E-state index in [9.17, 15) is 9.59 Å². The normalized spacial score (nSPS) is 19.5. The van der Waals surface area contributed by atoms with Gasteiger partial charge in [0, 0.05) is 36.7 Å². The number of nitrogens with one attached hydrogen (secondary N) is 2. The van der Waals surface area contributed by atoms with Gasteiger partial charge in [0.2, 0.25) is 5.91 Å². The number of piperazine rings is 1. The Morgan fingerprint density at radius 3 is 2.38 bits per heavy atom. The van der Waals surface area contributed by atoms with Crippen molar-refractivity contribution < 1.29 is 9.59 Å². The molecule has 1 saturated heterocycles. The third-order valence-corrected chi connectivity index (χ3v) is 8.41. The van der Waals surface area contributed by atoms with E-state index in [1.807, 2.05) is 31.2 Å². The van der Waals surface area contributed by atoms with Gasteiger partial charge in [-0.25, -0.2) is 0 Å². The van der Waals surface area contributed by atoms with Crippen LogP contribution >= 0.6 is 11.3 Å². The Morgan fingerprint density at radius 1 is 1.06 bits per heavy atom. The van der Waals surface area contributed by atoms with Gasteiger partial charge in [0.15, 0.2) is 0 Å². The van der Waals surface area contributed by atoms with Crippen LogP contribution in [0.15, 0.2) is 24.3 Å². The molecule has 2 aliphatic rings. The van der Waals surface area contributed by atoms with E-state index in [4.69, 9.17) is 0 Å². The van der Waals surface area contributed by atoms with Crippen molar-refractivity contribution in [3.63, 3.8) is 0 Å². The Kier molecular flexibility index (Phi) is 7.45. The molecule has 0 radical (unpaired) electrons. The van der Waals surface area contributed by atoms with Gasteiger partial charge in [-0.15, -0.1) is 11.3 Å². The fourth-order valence-corrected chi connectivity index (χ4v) is 6.20. The Morgan fingerprint density at radius 2 is 1.74 bits per heavy atom. The maximum Gasteiger partial charge on any atom is 0.258 e. The second-order valence-corrected chi connectivity index (χ2v) is 12.1. The number of carbonyl (C=O) groups excluding carboxylic acids is 2. The van der Waals surface area contributed by atoms with Crippen molar-refractivity contribution in [3.05, 3.63) is 45.8 Å². The number of carbonyl (C=O) groups is 2. The zero-order valence-corrected chi connectivity index (χ0v) is 22.0. The average Bonchev–Trinajstić information content (AvgIpc) is 3.13. The van der Waals surface area contributed by atoms with Crippen molar-refractivity contribution in [1.82, 2.24) is 9.80 Å². The Hall–Kier alpha value is -2.22. The number of aryl methyl sites for hydroxylation is 1. The number of thiophene rings is 1. The molecule has 0 bridgehead atoms. The molecule has 0 saturated carbocycles. The first-order valence-electron chi connectivity index (χ1n) is 12.3. The maximum atomic E-state index is 13.5. The predicted octanol–water partition coefficient (Wildman–Crippen LogP) is 4.65. The predicted molar refractivity (Wildman–Crippen MR) is 141 cm³/mol. The van der Waals surface area contributed by atoms with Crippen LogP contribution in [0.25, 0.3) is 0 Å². The highest BCUT2D eigenvalue weighted by atomic mass is 32.1. The van der Waals surface area contributed by atoms with E-state index >= 15 is 0 Å². The Labute approximate surface area is 207 Å². The fourth-order valence-electron chi connectivity index (χ4n) is 4.86. The lowest BCUT2D eigenvalue weighted by molar-refractivity contribution is -0.117. The highest BCUT2D eigenvalue weighted by Gasteiger charge is 2.34. The molecule has 1 atom stereocenters. The number of hydrogen-bond donors (Lipinski definition) is 2. The highest BCUT2D eigenvalue weighted by molar-refractivity contribution is 7.17. The second-order valence-electron chi connectivity index (χ2n) is 11.0. The number of fused-ring (bicyclic) bond motifs is 1. The van der Waals surface area contributed by atoms with E-state index in [1.54, 1.807) is 11.3 Å². The van der Waals surface area contributed by atoms with Crippen molar-refractivity contribution in [3.8, 4) is 0 Å². The van der Waals surface area contributed by atoms with Gasteiger partial charge in [0.1, 0.15) is 5.00 Å². The molecular weight excluding hydrogens is 444 g/mol. The summed E-state index contributed by atoms with van der Waals surface area (Å²) < 4.78 is 0. The molecule has 34 heavy (non-hydrogen) atoms. The third-order valence-electron chi connectivity index (χ3n) is 7.24. The van der Waals surface area contributed by atoms with E-state index in [1.165, 1.54) is 4.88 Å². The molecule has 0 spiro atoms. The van der Waals surface area contributed by atoms with E-state index in [2.05, 4.69) is 48.3 Å². The van der Waals surface area contributed by atoms with Gasteiger partial charge >= 0.3 is 0 Å². The van der Waals surface area contributed by atoms with Crippen LogP contribution in [-0.4, -0.2) is 61.4 Å². The first kappa shape index (κ1) is 24.9. The summed E-state index contributed by atoms with van der Waals surface area (Å²) in [5.41, 5.74) is 3.91. The lowest BCUT2D eigenvalue weighted by atomic mass is 9.72. The minimum Gasteiger partial charge on any atom is -0.322 e. The third kappa shape index (κ3) is 5.88. The second kappa shape index (κ2) is 10.2. The summed E-state index contributed by atoms with van der Waals surface area (Å²) in [5, 5.41) is 6.88. The molecule has 2 aromatic rings. The molecule has 6 nitrogen and oxygen atoms in total. The summed E-state index contributed by atoms with van der Waals surface area (Å²) in [6.45, 7) is 13.0. The molecule has 184 valence electrons. The number of likely N-dealkylation sites (N-methyl/N-ethyl adjacent to an activating group) is 1. The molecule has 1 aromatic carbocycles. The summed E-state index contributed by atoms with van der Waals surface area (Å²) >= 11 is 1.59. The number of amides is 2. The molecule has 2 amide bonds. The first-order valence-corrected chi connectivity index (χ1v) is 13.1. The molecule has 1 aliphatic carbocycles. The summed E-state index contributed by atoms with van der Waals surface area (Å²) in [4.78, 5) is 32.2. The van der Waals surface area contributed by atoms with Crippen molar-refractivity contribution in [1.29, 1.82) is 0 Å². The molecular formula is C27H38N4O2S. The van der Waals surface area contributed by atoms with Crippen LogP contribution in [0.4, 0.5) is 10.7 Å². The summed E-state index contributed by atoms with van der Waals surface area (Å²) in [6, 6.07) is 7.83. The molecule has 7 heteroatoms. The zero-order valence-electron chi connectivity index (χ0n) is 21.2. The smallest absolute Gasteiger partial charge is 0.258 e. The Bertz CT molecular complexity index is 1030. The number of nitrogens with zero attached hydrogens (tertiary/aromatic N) is 2. The number of benzene rings is 1. The van der Waals surface area contributed by atoms with Crippen LogP contribution in [-0.2, 0) is 17.6 Å². The van der Waals surface area contributed by atoms with Crippen LogP contribution in [0, 0.1) is 18.3 Å². The summed E-state index contributed by atoms with van der Waals surface area (Å²) in [6.07, 6.45) is 2.90. The van der Waals surface area contributed by atoms with E-state index < -0.39 is 0 Å². The molecule has 2 heterocycles. The zero-order chi connectivity index (χ0) is 24.5.